The van der Waals surface area contributed by atoms with Crippen molar-refractivity contribution < 1.29 is 4.52 Å². The molecule has 1 aromatic rings. The highest BCUT2D eigenvalue weighted by molar-refractivity contribution is 5.32. The van der Waals surface area contributed by atoms with E-state index in [0.717, 1.165) is 18.2 Å². The summed E-state index contributed by atoms with van der Waals surface area (Å²) in [6.45, 7) is 3.54. The summed E-state index contributed by atoms with van der Waals surface area (Å²) in [5.74, 6) is 2.16. The van der Waals surface area contributed by atoms with Crippen LogP contribution in [0.1, 0.15) is 24.6 Å². The van der Waals surface area contributed by atoms with Crippen LogP contribution in [0.4, 0.5) is 0 Å². The Morgan fingerprint density at radius 2 is 2.45 bits per heavy atom. The lowest BCUT2D eigenvalue weighted by Gasteiger charge is -1.84. The van der Waals surface area contributed by atoms with Crippen molar-refractivity contribution in [1.29, 1.82) is 0 Å². The van der Waals surface area contributed by atoms with Crippen molar-refractivity contribution in [3.05, 3.63) is 18.3 Å². The second-order valence-corrected chi connectivity index (χ2v) is 2.90. The van der Waals surface area contributed by atoms with Gasteiger partial charge in [-0.05, 0) is 24.8 Å². The summed E-state index contributed by atoms with van der Waals surface area (Å²) < 4.78 is 4.86. The molecular formula is C8H10N2O. The minimum Gasteiger partial charge on any atom is -0.335 e. The lowest BCUT2D eigenvalue weighted by molar-refractivity contribution is 0.402. The van der Waals surface area contributed by atoms with Crippen molar-refractivity contribution in [2.45, 2.75) is 19.3 Å². The zero-order chi connectivity index (χ0) is 7.68. The topological polar surface area (TPSA) is 38.9 Å². The Balaban J connectivity index is 2.05. The first-order valence-corrected chi connectivity index (χ1v) is 3.83. The van der Waals surface area contributed by atoms with Crippen molar-refractivity contribution in [2.24, 2.45) is 5.92 Å². The summed E-state index contributed by atoms with van der Waals surface area (Å²) in [4.78, 5) is 4.11. The third-order valence-corrected chi connectivity index (χ3v) is 1.83. The van der Waals surface area contributed by atoms with E-state index < -0.39 is 0 Å². The fraction of sp³-hybridized carbons (Fsp3) is 0.500. The van der Waals surface area contributed by atoms with Crippen LogP contribution in [0.3, 0.4) is 0 Å². The van der Waals surface area contributed by atoms with Crippen LogP contribution in [0.2, 0.25) is 0 Å². The fourth-order valence-electron chi connectivity index (χ4n) is 1.01. The smallest absolute Gasteiger partial charge is 0.250 e. The number of rotatable bonds is 3. The molecule has 0 spiro atoms. The molecule has 0 aromatic carbocycles. The molecule has 0 N–H and O–H groups in total. The second-order valence-electron chi connectivity index (χ2n) is 2.90. The molecular weight excluding hydrogens is 140 g/mol. The molecule has 0 saturated heterocycles. The SMILES string of the molecule is C=Cc1nc(CC2CC2)no1. The lowest BCUT2D eigenvalue weighted by Crippen LogP contribution is -1.88. The van der Waals surface area contributed by atoms with E-state index >= 15 is 0 Å². The van der Waals surface area contributed by atoms with Crippen LogP contribution in [0.5, 0.6) is 0 Å². The minimum atomic E-state index is 0.528. The third-order valence-electron chi connectivity index (χ3n) is 1.83. The van der Waals surface area contributed by atoms with Gasteiger partial charge in [0.2, 0.25) is 5.89 Å². The van der Waals surface area contributed by atoms with E-state index in [4.69, 9.17) is 4.52 Å². The third kappa shape index (κ3) is 1.48. The molecule has 0 unspecified atom stereocenters. The molecule has 0 aliphatic heterocycles. The van der Waals surface area contributed by atoms with Crippen LogP contribution in [0.25, 0.3) is 6.08 Å². The average molecular weight is 150 g/mol. The number of hydrogen-bond donors (Lipinski definition) is 0. The predicted molar refractivity (Wildman–Crippen MR) is 40.8 cm³/mol. The highest BCUT2D eigenvalue weighted by atomic mass is 16.5. The Morgan fingerprint density at radius 3 is 3.00 bits per heavy atom. The molecule has 1 aliphatic rings. The molecule has 3 heteroatoms. The van der Waals surface area contributed by atoms with Crippen LogP contribution in [-0.2, 0) is 6.42 Å². The first-order valence-electron chi connectivity index (χ1n) is 3.83. The number of nitrogens with zero attached hydrogens (tertiary/aromatic N) is 2. The van der Waals surface area contributed by atoms with E-state index in [-0.39, 0.29) is 0 Å². The molecule has 1 fully saturated rings. The van der Waals surface area contributed by atoms with Gasteiger partial charge in [0.15, 0.2) is 5.82 Å². The zero-order valence-corrected chi connectivity index (χ0v) is 6.29. The highest BCUT2D eigenvalue weighted by Crippen LogP contribution is 2.31. The molecule has 0 atom stereocenters. The number of aromatic nitrogens is 2. The average Bonchev–Trinajstić information content (AvgIpc) is 2.68. The first kappa shape index (κ1) is 6.58. The summed E-state index contributed by atoms with van der Waals surface area (Å²) in [5.41, 5.74) is 0. The van der Waals surface area contributed by atoms with Gasteiger partial charge < -0.3 is 4.52 Å². The van der Waals surface area contributed by atoms with Crippen LogP contribution in [0.15, 0.2) is 11.1 Å². The Morgan fingerprint density at radius 1 is 1.64 bits per heavy atom. The van der Waals surface area contributed by atoms with Gasteiger partial charge in [-0.3, -0.25) is 0 Å². The quantitative estimate of drug-likeness (QED) is 0.657. The van der Waals surface area contributed by atoms with Gasteiger partial charge in [-0.2, -0.15) is 4.98 Å². The summed E-state index contributed by atoms with van der Waals surface area (Å²) >= 11 is 0. The molecule has 11 heavy (non-hydrogen) atoms. The molecule has 0 bridgehead atoms. The molecule has 2 rings (SSSR count). The molecule has 1 saturated carbocycles. The van der Waals surface area contributed by atoms with Gasteiger partial charge >= 0.3 is 0 Å². The van der Waals surface area contributed by atoms with Crippen LogP contribution in [0, 0.1) is 5.92 Å². The van der Waals surface area contributed by atoms with Crippen molar-refractivity contribution >= 4 is 6.08 Å². The Bertz CT molecular complexity index is 263. The second kappa shape index (κ2) is 2.49. The van der Waals surface area contributed by atoms with E-state index in [1.807, 2.05) is 0 Å². The zero-order valence-electron chi connectivity index (χ0n) is 6.29. The first-order chi connectivity index (χ1) is 5.38. The largest absolute Gasteiger partial charge is 0.335 e. The molecule has 3 nitrogen and oxygen atoms in total. The molecule has 58 valence electrons. The van der Waals surface area contributed by atoms with Gasteiger partial charge in [0, 0.05) is 6.42 Å². The predicted octanol–water partition coefficient (Wildman–Crippen LogP) is 1.67. The Kier molecular flexibility index (Phi) is 1.49. The van der Waals surface area contributed by atoms with E-state index in [1.54, 1.807) is 6.08 Å². The van der Waals surface area contributed by atoms with Crippen LogP contribution < -0.4 is 0 Å². The summed E-state index contributed by atoms with van der Waals surface area (Å²) in [5, 5.41) is 3.81. The van der Waals surface area contributed by atoms with Crippen molar-refractivity contribution in [3.63, 3.8) is 0 Å². The van der Waals surface area contributed by atoms with Gasteiger partial charge in [-0.15, -0.1) is 0 Å². The van der Waals surface area contributed by atoms with E-state index in [1.165, 1.54) is 12.8 Å². The molecule has 0 amide bonds. The maximum Gasteiger partial charge on any atom is 0.250 e. The maximum atomic E-state index is 4.86. The molecule has 1 heterocycles. The van der Waals surface area contributed by atoms with Crippen molar-refractivity contribution in [3.8, 4) is 0 Å². The van der Waals surface area contributed by atoms with Crippen molar-refractivity contribution in [1.82, 2.24) is 10.1 Å². The summed E-state index contributed by atoms with van der Waals surface area (Å²) in [6.07, 6.45) is 5.18. The summed E-state index contributed by atoms with van der Waals surface area (Å²) in [7, 11) is 0. The van der Waals surface area contributed by atoms with E-state index in [0.29, 0.717) is 5.89 Å². The minimum absolute atomic E-state index is 0.528. The van der Waals surface area contributed by atoms with E-state index in [9.17, 15) is 0 Å². The summed E-state index contributed by atoms with van der Waals surface area (Å²) in [6, 6.07) is 0. The van der Waals surface area contributed by atoms with E-state index in [2.05, 4.69) is 16.7 Å². The van der Waals surface area contributed by atoms with Crippen molar-refractivity contribution in [2.75, 3.05) is 0 Å². The van der Waals surface area contributed by atoms with Crippen LogP contribution >= 0.6 is 0 Å². The maximum absolute atomic E-state index is 4.86. The standard InChI is InChI=1S/C8H10N2O/c1-2-8-9-7(10-11-8)5-6-3-4-6/h2,6H,1,3-5H2. The fourth-order valence-corrected chi connectivity index (χ4v) is 1.01. The van der Waals surface area contributed by atoms with Gasteiger partial charge in [0.1, 0.15) is 0 Å². The van der Waals surface area contributed by atoms with Gasteiger partial charge in [0.05, 0.1) is 0 Å². The Hall–Kier alpha value is -1.12. The molecule has 1 aromatic heterocycles. The van der Waals surface area contributed by atoms with Gasteiger partial charge in [-0.1, -0.05) is 11.7 Å². The molecule has 1 aliphatic carbocycles. The lowest BCUT2D eigenvalue weighted by atomic mass is 10.3. The van der Waals surface area contributed by atoms with Crippen LogP contribution in [-0.4, -0.2) is 10.1 Å². The highest BCUT2D eigenvalue weighted by Gasteiger charge is 2.23. The van der Waals surface area contributed by atoms with Gasteiger partial charge in [0.25, 0.3) is 0 Å². The normalized spacial score (nSPS) is 16.7. The van der Waals surface area contributed by atoms with Gasteiger partial charge in [-0.25, -0.2) is 0 Å². The monoisotopic (exact) mass is 150 g/mol. The number of hydrogen-bond acceptors (Lipinski definition) is 3. The molecule has 0 radical (unpaired) electrons. The Labute approximate surface area is 65.1 Å².